The van der Waals surface area contributed by atoms with Crippen molar-refractivity contribution in [2.75, 3.05) is 18.8 Å². The van der Waals surface area contributed by atoms with Crippen LogP contribution in [0.15, 0.2) is 9.64 Å². The van der Waals surface area contributed by atoms with E-state index in [0.29, 0.717) is 23.6 Å². The highest BCUT2D eigenvalue weighted by Gasteiger charge is 2.21. The number of carbonyl (C=O) groups excluding carboxylic acids is 2. The highest BCUT2D eigenvalue weighted by Crippen LogP contribution is 2.32. The van der Waals surface area contributed by atoms with Gasteiger partial charge in [0.15, 0.2) is 0 Å². The van der Waals surface area contributed by atoms with Crippen molar-refractivity contribution in [2.24, 2.45) is 0 Å². The summed E-state index contributed by atoms with van der Waals surface area (Å²) in [6.07, 6.45) is 5.88. The van der Waals surface area contributed by atoms with E-state index < -0.39 is 0 Å². The van der Waals surface area contributed by atoms with Crippen molar-refractivity contribution in [2.45, 2.75) is 50.2 Å². The molecule has 2 rings (SSSR count). The number of likely N-dealkylation sites (N-methyl/N-ethyl adjacent to an activating group) is 1. The molecule has 1 aliphatic carbocycles. The Hall–Kier alpha value is -1.57. The Morgan fingerprint density at radius 2 is 1.95 bits per heavy atom. The summed E-state index contributed by atoms with van der Waals surface area (Å²) in [5.41, 5.74) is 0. The number of carbonyl (C=O) groups is 2. The molecule has 0 aromatic carbocycles. The van der Waals surface area contributed by atoms with Crippen LogP contribution in [0.5, 0.6) is 0 Å². The molecular weight excluding hydrogens is 304 g/mol. The van der Waals surface area contributed by atoms with Crippen molar-refractivity contribution in [3.05, 3.63) is 5.89 Å². The van der Waals surface area contributed by atoms with Gasteiger partial charge in [0.05, 0.1) is 12.3 Å². The number of amides is 2. The van der Waals surface area contributed by atoms with Gasteiger partial charge in [0.25, 0.3) is 5.22 Å². The first-order valence-electron chi connectivity index (χ1n) is 7.68. The first-order chi connectivity index (χ1) is 10.7. The summed E-state index contributed by atoms with van der Waals surface area (Å²) in [5.74, 6) is 0.783. The number of nitrogens with zero attached hydrogens (tertiary/aromatic N) is 2. The minimum absolute atomic E-state index is 0.00953. The van der Waals surface area contributed by atoms with Crippen LogP contribution >= 0.6 is 11.8 Å². The third-order valence-electron chi connectivity index (χ3n) is 3.52. The molecule has 2 amide bonds. The molecule has 1 heterocycles. The molecule has 0 spiro atoms. The second-order valence-corrected chi connectivity index (χ2v) is 6.19. The number of hydrogen-bond acceptors (Lipinski definition) is 6. The largest absolute Gasteiger partial charge is 0.416 e. The monoisotopic (exact) mass is 326 g/mol. The van der Waals surface area contributed by atoms with Gasteiger partial charge in [-0.15, -0.1) is 10.2 Å². The highest BCUT2D eigenvalue weighted by molar-refractivity contribution is 7.99. The van der Waals surface area contributed by atoms with Gasteiger partial charge < -0.3 is 15.1 Å². The van der Waals surface area contributed by atoms with Crippen LogP contribution in [0.3, 0.4) is 0 Å². The molecule has 8 heteroatoms. The number of nitrogens with one attached hydrogen (secondary N) is 2. The number of thioether (sulfide) groups is 1. The Labute approximate surface area is 134 Å². The summed E-state index contributed by atoms with van der Waals surface area (Å²) in [4.78, 5) is 22.9. The third-order valence-corrected chi connectivity index (χ3v) is 4.34. The fourth-order valence-electron chi connectivity index (χ4n) is 2.41. The van der Waals surface area contributed by atoms with Crippen LogP contribution in [0.4, 0.5) is 0 Å². The maximum absolute atomic E-state index is 11.6. The Morgan fingerprint density at radius 3 is 2.68 bits per heavy atom. The van der Waals surface area contributed by atoms with E-state index in [1.54, 1.807) is 0 Å². The maximum Gasteiger partial charge on any atom is 0.277 e. The van der Waals surface area contributed by atoms with Crippen molar-refractivity contribution >= 4 is 23.6 Å². The summed E-state index contributed by atoms with van der Waals surface area (Å²) in [7, 11) is 0. The van der Waals surface area contributed by atoms with Crippen LogP contribution in [-0.4, -0.2) is 40.9 Å². The molecule has 1 fully saturated rings. The van der Waals surface area contributed by atoms with Crippen LogP contribution in [0.1, 0.15) is 50.8 Å². The molecule has 7 nitrogen and oxygen atoms in total. The van der Waals surface area contributed by atoms with E-state index in [1.165, 1.54) is 31.0 Å². The topological polar surface area (TPSA) is 97.1 Å². The third kappa shape index (κ3) is 5.32. The van der Waals surface area contributed by atoms with E-state index >= 15 is 0 Å². The van der Waals surface area contributed by atoms with Crippen molar-refractivity contribution in [1.29, 1.82) is 0 Å². The second kappa shape index (κ2) is 8.77. The summed E-state index contributed by atoms with van der Waals surface area (Å²) in [6, 6.07) is 0. The van der Waals surface area contributed by atoms with E-state index in [2.05, 4.69) is 20.8 Å². The molecule has 0 bridgehead atoms. The van der Waals surface area contributed by atoms with Gasteiger partial charge in [-0.25, -0.2) is 0 Å². The molecule has 0 aliphatic heterocycles. The minimum Gasteiger partial charge on any atom is -0.416 e. The zero-order chi connectivity index (χ0) is 15.8. The minimum atomic E-state index is -0.228. The van der Waals surface area contributed by atoms with E-state index in [0.717, 1.165) is 12.8 Å². The Balaban J connectivity index is 1.71. The highest BCUT2D eigenvalue weighted by atomic mass is 32.2. The molecule has 1 aliphatic rings. The van der Waals surface area contributed by atoms with E-state index in [9.17, 15) is 9.59 Å². The summed E-state index contributed by atoms with van der Waals surface area (Å²) in [6.45, 7) is 2.37. The fourth-order valence-corrected chi connectivity index (χ4v) is 3.01. The number of aromatic nitrogens is 2. The lowest BCUT2D eigenvalue weighted by Gasteiger charge is -2.17. The first kappa shape index (κ1) is 16.8. The molecule has 1 aromatic rings. The van der Waals surface area contributed by atoms with Gasteiger partial charge in [-0.1, -0.05) is 31.0 Å². The molecule has 0 saturated heterocycles. The standard InChI is InChI=1S/C14H22N4O3S/c1-2-15-11(19)8-16-12(20)9-22-14-18-17-13(21-14)10-6-4-3-5-7-10/h10H,2-9H2,1H3,(H,15,19)(H,16,20). The predicted molar refractivity (Wildman–Crippen MR) is 82.5 cm³/mol. The average Bonchev–Trinajstić information content (AvgIpc) is 3.01. The molecule has 22 heavy (non-hydrogen) atoms. The Bertz CT molecular complexity index is 500. The quantitative estimate of drug-likeness (QED) is 0.736. The molecule has 2 N–H and O–H groups in total. The number of rotatable bonds is 7. The fraction of sp³-hybridized carbons (Fsp3) is 0.714. The maximum atomic E-state index is 11.6. The molecule has 0 radical (unpaired) electrons. The summed E-state index contributed by atoms with van der Waals surface area (Å²) < 4.78 is 5.62. The Kier molecular flexibility index (Phi) is 6.70. The van der Waals surface area contributed by atoms with Gasteiger partial charge in [0.2, 0.25) is 17.7 Å². The Morgan fingerprint density at radius 1 is 1.18 bits per heavy atom. The van der Waals surface area contributed by atoms with E-state index in [1.807, 2.05) is 6.92 Å². The zero-order valence-corrected chi connectivity index (χ0v) is 13.6. The van der Waals surface area contributed by atoms with Gasteiger partial charge in [-0.3, -0.25) is 9.59 Å². The molecule has 1 saturated carbocycles. The van der Waals surface area contributed by atoms with Gasteiger partial charge in [-0.05, 0) is 19.8 Å². The molecule has 1 aromatic heterocycles. The average molecular weight is 326 g/mol. The van der Waals surface area contributed by atoms with Crippen LogP contribution < -0.4 is 10.6 Å². The molecule has 0 unspecified atom stereocenters. The molecular formula is C14H22N4O3S. The van der Waals surface area contributed by atoms with Crippen LogP contribution in [0, 0.1) is 0 Å². The van der Waals surface area contributed by atoms with Crippen LogP contribution in [0.2, 0.25) is 0 Å². The van der Waals surface area contributed by atoms with Gasteiger partial charge >= 0.3 is 0 Å². The normalized spacial score (nSPS) is 15.5. The molecule has 0 atom stereocenters. The van der Waals surface area contributed by atoms with Crippen molar-refractivity contribution in [3.63, 3.8) is 0 Å². The van der Waals surface area contributed by atoms with Gasteiger partial charge in [0.1, 0.15) is 0 Å². The lowest BCUT2D eigenvalue weighted by atomic mass is 9.89. The second-order valence-electron chi connectivity index (χ2n) is 5.26. The number of hydrogen-bond donors (Lipinski definition) is 2. The van der Waals surface area contributed by atoms with Crippen molar-refractivity contribution in [1.82, 2.24) is 20.8 Å². The van der Waals surface area contributed by atoms with Crippen LogP contribution in [0.25, 0.3) is 0 Å². The predicted octanol–water partition coefficient (Wildman–Crippen LogP) is 1.46. The SMILES string of the molecule is CCNC(=O)CNC(=O)CSc1nnc(C2CCCCC2)o1. The van der Waals surface area contributed by atoms with Crippen molar-refractivity contribution < 1.29 is 14.0 Å². The van der Waals surface area contributed by atoms with E-state index in [4.69, 9.17) is 4.42 Å². The smallest absolute Gasteiger partial charge is 0.277 e. The lowest BCUT2D eigenvalue weighted by Crippen LogP contribution is -2.37. The van der Waals surface area contributed by atoms with Gasteiger partial charge in [0, 0.05) is 12.5 Å². The summed E-state index contributed by atoms with van der Waals surface area (Å²) >= 11 is 1.19. The van der Waals surface area contributed by atoms with Gasteiger partial charge in [-0.2, -0.15) is 0 Å². The first-order valence-corrected chi connectivity index (χ1v) is 8.67. The lowest BCUT2D eigenvalue weighted by molar-refractivity contribution is -0.124. The summed E-state index contributed by atoms with van der Waals surface area (Å²) in [5, 5.41) is 13.6. The zero-order valence-electron chi connectivity index (χ0n) is 12.8. The van der Waals surface area contributed by atoms with Crippen molar-refractivity contribution in [3.8, 4) is 0 Å². The van der Waals surface area contributed by atoms with E-state index in [-0.39, 0.29) is 24.1 Å². The molecule has 122 valence electrons. The van der Waals surface area contributed by atoms with Crippen LogP contribution in [-0.2, 0) is 9.59 Å².